The van der Waals surface area contributed by atoms with Crippen LogP contribution in [0.15, 0.2) is 24.3 Å². The second-order valence-corrected chi connectivity index (χ2v) is 4.90. The highest BCUT2D eigenvalue weighted by Crippen LogP contribution is 2.05. The molecule has 0 saturated heterocycles. The zero-order chi connectivity index (χ0) is 15.0. The number of nitrogens with two attached hydrogens (primary N) is 1. The van der Waals surface area contributed by atoms with Gasteiger partial charge < -0.3 is 16.4 Å². The Bertz CT molecular complexity index is 443. The summed E-state index contributed by atoms with van der Waals surface area (Å²) in [5, 5.41) is 5.59. The lowest BCUT2D eigenvalue weighted by molar-refractivity contribution is -0.122. The highest BCUT2D eigenvalue weighted by atomic mass is 16.2. The Hall–Kier alpha value is -2.04. The van der Waals surface area contributed by atoms with Crippen LogP contribution in [-0.4, -0.2) is 24.4 Å². The molecule has 0 aromatic heterocycles. The number of carbonyl (C=O) groups excluding carboxylic acids is 2. The molecular formula is C15H23N3O2. The number of benzene rings is 1. The molecule has 0 fully saturated rings. The van der Waals surface area contributed by atoms with Crippen molar-refractivity contribution in [3.05, 3.63) is 29.8 Å². The van der Waals surface area contributed by atoms with Crippen molar-refractivity contribution >= 4 is 17.5 Å². The van der Waals surface area contributed by atoms with Crippen LogP contribution in [0.2, 0.25) is 0 Å². The first-order valence-corrected chi connectivity index (χ1v) is 6.91. The number of hydrogen-bond acceptors (Lipinski definition) is 3. The molecule has 0 aliphatic carbocycles. The zero-order valence-corrected chi connectivity index (χ0v) is 12.1. The first kappa shape index (κ1) is 16.0. The smallest absolute Gasteiger partial charge is 0.224 e. The molecule has 0 saturated carbocycles. The molecule has 1 unspecified atom stereocenters. The van der Waals surface area contributed by atoms with Crippen molar-refractivity contribution in [1.82, 2.24) is 10.6 Å². The van der Waals surface area contributed by atoms with Crippen molar-refractivity contribution in [2.24, 2.45) is 0 Å². The van der Waals surface area contributed by atoms with Gasteiger partial charge >= 0.3 is 0 Å². The quantitative estimate of drug-likeness (QED) is 0.655. The van der Waals surface area contributed by atoms with Crippen molar-refractivity contribution < 1.29 is 9.59 Å². The maximum atomic E-state index is 11.7. The van der Waals surface area contributed by atoms with Crippen LogP contribution in [0, 0.1) is 0 Å². The first-order chi connectivity index (χ1) is 9.51. The van der Waals surface area contributed by atoms with Gasteiger partial charge in [-0.3, -0.25) is 9.59 Å². The van der Waals surface area contributed by atoms with E-state index in [1.54, 1.807) is 12.1 Å². The minimum Gasteiger partial charge on any atom is -0.399 e. The van der Waals surface area contributed by atoms with Crippen LogP contribution >= 0.6 is 0 Å². The summed E-state index contributed by atoms with van der Waals surface area (Å²) in [6, 6.07) is 7.35. The van der Waals surface area contributed by atoms with Crippen molar-refractivity contribution in [3.63, 3.8) is 0 Å². The number of nitrogens with one attached hydrogen (secondary N) is 2. The van der Waals surface area contributed by atoms with Gasteiger partial charge in [0.1, 0.15) is 0 Å². The van der Waals surface area contributed by atoms with Crippen LogP contribution in [0.3, 0.4) is 0 Å². The van der Waals surface area contributed by atoms with Crippen LogP contribution in [0.5, 0.6) is 0 Å². The second kappa shape index (κ2) is 8.19. The molecule has 20 heavy (non-hydrogen) atoms. The monoisotopic (exact) mass is 277 g/mol. The van der Waals surface area contributed by atoms with E-state index in [0.717, 1.165) is 12.0 Å². The fraction of sp³-hybridized carbons (Fsp3) is 0.467. The number of rotatable bonds is 7. The average Bonchev–Trinajstić information content (AvgIpc) is 2.41. The van der Waals surface area contributed by atoms with E-state index in [2.05, 4.69) is 10.6 Å². The molecule has 0 bridgehead atoms. The van der Waals surface area contributed by atoms with E-state index in [1.807, 2.05) is 26.0 Å². The summed E-state index contributed by atoms with van der Waals surface area (Å²) in [6.45, 7) is 4.33. The highest BCUT2D eigenvalue weighted by molar-refractivity contribution is 5.80. The Labute approximate surface area is 119 Å². The van der Waals surface area contributed by atoms with Gasteiger partial charge in [0.2, 0.25) is 11.8 Å². The molecule has 5 nitrogen and oxygen atoms in total. The standard InChI is InChI=1S/C15H23N3O2/c1-3-11(2)18-14(19)8-9-17-15(20)10-12-4-6-13(16)7-5-12/h4-7,11H,3,8-10,16H2,1-2H3,(H,17,20)(H,18,19). The summed E-state index contributed by atoms with van der Waals surface area (Å²) >= 11 is 0. The van der Waals surface area contributed by atoms with E-state index >= 15 is 0 Å². The second-order valence-electron chi connectivity index (χ2n) is 4.90. The SMILES string of the molecule is CCC(C)NC(=O)CCNC(=O)Cc1ccc(N)cc1. The zero-order valence-electron chi connectivity index (χ0n) is 12.1. The van der Waals surface area contributed by atoms with Gasteiger partial charge in [0.15, 0.2) is 0 Å². The van der Waals surface area contributed by atoms with Crippen LogP contribution < -0.4 is 16.4 Å². The van der Waals surface area contributed by atoms with E-state index in [1.165, 1.54) is 0 Å². The largest absolute Gasteiger partial charge is 0.399 e. The van der Waals surface area contributed by atoms with Gasteiger partial charge in [-0.15, -0.1) is 0 Å². The van der Waals surface area contributed by atoms with Crippen LogP contribution in [0.4, 0.5) is 5.69 Å². The number of amides is 2. The normalized spacial score (nSPS) is 11.7. The molecule has 0 spiro atoms. The third-order valence-corrected chi connectivity index (χ3v) is 3.04. The predicted octanol–water partition coefficient (Wildman–Crippen LogP) is 1.23. The number of carbonyl (C=O) groups is 2. The summed E-state index contributed by atoms with van der Waals surface area (Å²) in [6.07, 6.45) is 1.50. The van der Waals surface area contributed by atoms with Crippen molar-refractivity contribution in [1.29, 1.82) is 0 Å². The third kappa shape index (κ3) is 6.22. The fourth-order valence-electron chi connectivity index (χ4n) is 1.65. The van der Waals surface area contributed by atoms with E-state index in [9.17, 15) is 9.59 Å². The van der Waals surface area contributed by atoms with Crippen molar-refractivity contribution in [3.8, 4) is 0 Å². The Morgan fingerprint density at radius 3 is 2.45 bits per heavy atom. The molecule has 0 heterocycles. The third-order valence-electron chi connectivity index (χ3n) is 3.04. The fourth-order valence-corrected chi connectivity index (χ4v) is 1.65. The molecular weight excluding hydrogens is 254 g/mol. The van der Waals surface area contributed by atoms with Gasteiger partial charge in [0.05, 0.1) is 6.42 Å². The van der Waals surface area contributed by atoms with E-state index in [4.69, 9.17) is 5.73 Å². The van der Waals surface area contributed by atoms with Gasteiger partial charge in [-0.25, -0.2) is 0 Å². The number of hydrogen-bond donors (Lipinski definition) is 3. The minimum atomic E-state index is -0.0916. The predicted molar refractivity (Wildman–Crippen MR) is 80.1 cm³/mol. The maximum absolute atomic E-state index is 11.7. The van der Waals surface area contributed by atoms with Gasteiger partial charge in [0.25, 0.3) is 0 Å². The number of anilines is 1. The average molecular weight is 277 g/mol. The van der Waals surface area contributed by atoms with Crippen LogP contribution in [-0.2, 0) is 16.0 Å². The molecule has 0 aliphatic heterocycles. The summed E-state index contributed by atoms with van der Waals surface area (Å²) < 4.78 is 0. The van der Waals surface area contributed by atoms with Gasteiger partial charge in [0, 0.05) is 24.7 Å². The van der Waals surface area contributed by atoms with E-state index < -0.39 is 0 Å². The number of nitrogen functional groups attached to an aromatic ring is 1. The molecule has 1 aromatic carbocycles. The Morgan fingerprint density at radius 1 is 1.20 bits per heavy atom. The molecule has 4 N–H and O–H groups in total. The lowest BCUT2D eigenvalue weighted by Crippen LogP contribution is -2.35. The summed E-state index contributed by atoms with van der Waals surface area (Å²) in [4.78, 5) is 23.2. The summed E-state index contributed by atoms with van der Waals surface area (Å²) in [7, 11) is 0. The Kier molecular flexibility index (Phi) is 6.56. The molecule has 0 aliphatic rings. The van der Waals surface area contributed by atoms with Gasteiger partial charge in [-0.05, 0) is 31.0 Å². The maximum Gasteiger partial charge on any atom is 0.224 e. The molecule has 1 atom stereocenters. The van der Waals surface area contributed by atoms with Crippen LogP contribution in [0.25, 0.3) is 0 Å². The molecule has 2 amide bonds. The van der Waals surface area contributed by atoms with Crippen LogP contribution in [0.1, 0.15) is 32.3 Å². The van der Waals surface area contributed by atoms with Crippen molar-refractivity contribution in [2.45, 2.75) is 39.2 Å². The Balaban J connectivity index is 2.23. The molecule has 5 heteroatoms. The molecule has 1 aromatic rings. The summed E-state index contributed by atoms with van der Waals surface area (Å²) in [5.41, 5.74) is 7.16. The minimum absolute atomic E-state index is 0.0351. The van der Waals surface area contributed by atoms with Gasteiger partial charge in [-0.1, -0.05) is 19.1 Å². The topological polar surface area (TPSA) is 84.2 Å². The van der Waals surface area contributed by atoms with E-state index in [0.29, 0.717) is 25.1 Å². The lowest BCUT2D eigenvalue weighted by Gasteiger charge is -2.11. The highest BCUT2D eigenvalue weighted by Gasteiger charge is 2.07. The molecule has 110 valence electrons. The molecule has 1 rings (SSSR count). The van der Waals surface area contributed by atoms with Gasteiger partial charge in [-0.2, -0.15) is 0 Å². The van der Waals surface area contributed by atoms with Crippen molar-refractivity contribution in [2.75, 3.05) is 12.3 Å². The lowest BCUT2D eigenvalue weighted by atomic mass is 10.1. The Morgan fingerprint density at radius 2 is 1.85 bits per heavy atom. The first-order valence-electron chi connectivity index (χ1n) is 6.91. The van der Waals surface area contributed by atoms with E-state index in [-0.39, 0.29) is 17.9 Å². The molecule has 0 radical (unpaired) electrons. The summed E-state index contributed by atoms with van der Waals surface area (Å²) in [5.74, 6) is -0.127.